The van der Waals surface area contributed by atoms with Crippen LogP contribution in [0.25, 0.3) is 16.6 Å². The predicted molar refractivity (Wildman–Crippen MR) is 154 cm³/mol. The third-order valence-corrected chi connectivity index (χ3v) is 6.29. The molecule has 0 aliphatic heterocycles. The van der Waals surface area contributed by atoms with Crippen LogP contribution in [0, 0.1) is 5.82 Å². The van der Waals surface area contributed by atoms with Crippen LogP contribution in [0.3, 0.4) is 0 Å². The number of carbonyl (C=O) groups excluding carboxylic acids is 1. The number of ether oxygens (including phenoxy) is 4. The van der Waals surface area contributed by atoms with Crippen molar-refractivity contribution < 1.29 is 33.2 Å². The number of carbonyl (C=O) groups is 1. The quantitative estimate of drug-likeness (QED) is 0.260. The van der Waals surface area contributed by atoms with E-state index in [1.807, 2.05) is 0 Å². The van der Waals surface area contributed by atoms with E-state index in [-0.39, 0.29) is 12.2 Å². The number of aliphatic hydroxyl groups is 1. The van der Waals surface area contributed by atoms with Crippen LogP contribution in [0.2, 0.25) is 0 Å². The minimum atomic E-state index is -1.01. The van der Waals surface area contributed by atoms with E-state index in [0.717, 1.165) is 27.5 Å². The van der Waals surface area contributed by atoms with Crippen molar-refractivity contribution in [3.63, 3.8) is 0 Å². The maximum absolute atomic E-state index is 13.4. The second-order valence-corrected chi connectivity index (χ2v) is 8.98. The number of amides is 1. The molecule has 0 spiro atoms. The second-order valence-electron chi connectivity index (χ2n) is 8.98. The number of nitrogens with one attached hydrogen (secondary N) is 1. The van der Waals surface area contributed by atoms with Gasteiger partial charge in [0.05, 0.1) is 44.8 Å². The van der Waals surface area contributed by atoms with Gasteiger partial charge in [-0.05, 0) is 60.7 Å². The van der Waals surface area contributed by atoms with Crippen molar-refractivity contribution in [3.05, 3.63) is 106 Å². The molecular formula is C30H25FN4O8. The monoisotopic (exact) mass is 588 g/mol. The van der Waals surface area contributed by atoms with Crippen molar-refractivity contribution in [3.8, 4) is 34.4 Å². The zero-order chi connectivity index (χ0) is 30.5. The van der Waals surface area contributed by atoms with Crippen LogP contribution in [0.15, 0.2) is 88.7 Å². The smallest absolute Gasteiger partial charge is 0.417 e. The van der Waals surface area contributed by atoms with Gasteiger partial charge in [0, 0.05) is 23.3 Å². The number of nitrogens with zero attached hydrogens (tertiary/aromatic N) is 3. The van der Waals surface area contributed by atoms with Gasteiger partial charge in [-0.25, -0.2) is 18.5 Å². The van der Waals surface area contributed by atoms with Crippen LogP contribution in [-0.4, -0.2) is 46.1 Å². The molecule has 2 N–H and O–H groups in total. The molecule has 1 amide bonds. The summed E-state index contributed by atoms with van der Waals surface area (Å²) in [6.07, 6.45) is 1.62. The summed E-state index contributed by atoms with van der Waals surface area (Å²) in [6.45, 7) is -0.592. The largest absolute Gasteiger partial charge is 0.493 e. The van der Waals surface area contributed by atoms with E-state index in [4.69, 9.17) is 18.9 Å². The van der Waals surface area contributed by atoms with Crippen molar-refractivity contribution >= 4 is 22.7 Å². The number of methoxy groups -OCH3 is 2. The highest BCUT2D eigenvalue weighted by Crippen LogP contribution is 2.37. The summed E-state index contributed by atoms with van der Waals surface area (Å²) in [5, 5.41) is 12.6. The summed E-state index contributed by atoms with van der Waals surface area (Å²) in [4.78, 5) is 42.9. The third kappa shape index (κ3) is 6.16. The van der Waals surface area contributed by atoms with E-state index < -0.39 is 35.5 Å². The van der Waals surface area contributed by atoms with Gasteiger partial charge in [-0.1, -0.05) is 0 Å². The van der Waals surface area contributed by atoms with Gasteiger partial charge in [-0.3, -0.25) is 19.7 Å². The first-order valence-electron chi connectivity index (χ1n) is 12.8. The van der Waals surface area contributed by atoms with E-state index in [0.29, 0.717) is 39.6 Å². The average Bonchev–Trinajstić information content (AvgIpc) is 3.01. The number of hydrogen-bond donors (Lipinski definition) is 2. The minimum absolute atomic E-state index is 0.0593. The van der Waals surface area contributed by atoms with Crippen molar-refractivity contribution in [1.29, 1.82) is 0 Å². The lowest BCUT2D eigenvalue weighted by Gasteiger charge is -2.13. The summed E-state index contributed by atoms with van der Waals surface area (Å²) in [5.74, 6) is 0.976. The lowest BCUT2D eigenvalue weighted by molar-refractivity contribution is 0.213. The fourth-order valence-electron chi connectivity index (χ4n) is 4.25. The van der Waals surface area contributed by atoms with Gasteiger partial charge in [-0.2, -0.15) is 0 Å². The van der Waals surface area contributed by atoms with Gasteiger partial charge in [0.1, 0.15) is 17.3 Å². The van der Waals surface area contributed by atoms with Crippen LogP contribution in [0.1, 0.15) is 0 Å². The van der Waals surface area contributed by atoms with Gasteiger partial charge < -0.3 is 24.1 Å². The van der Waals surface area contributed by atoms with Gasteiger partial charge in [0.2, 0.25) is 5.75 Å². The maximum Gasteiger partial charge on any atom is 0.417 e. The molecule has 5 aromatic rings. The van der Waals surface area contributed by atoms with E-state index in [1.54, 1.807) is 48.7 Å². The Morgan fingerprint density at radius 2 is 1.63 bits per heavy atom. The molecule has 0 fully saturated rings. The molecule has 0 saturated heterocycles. The molecule has 0 atom stereocenters. The molecular weight excluding hydrogens is 563 g/mol. The number of halogens is 1. The standard InChI is InChI=1S/C30H25FN4O8/c1-40-25-15-22-23(16-26(25)41-2)32-12-11-24(22)42-21-9-5-19(6-10-21)33-29(38)43-27-17-34(13-14-36)30(39)35(28(27)37)20-7-3-18(31)4-8-20/h3-12,15-17,36H,13-14H2,1-2H3,(H,33,38). The topological polar surface area (TPSA) is 143 Å². The first kappa shape index (κ1) is 28.8. The molecule has 0 saturated carbocycles. The summed E-state index contributed by atoms with van der Waals surface area (Å²) in [7, 11) is 3.07. The lowest BCUT2D eigenvalue weighted by Crippen LogP contribution is -2.40. The molecule has 2 aromatic heterocycles. The lowest BCUT2D eigenvalue weighted by atomic mass is 10.2. The molecule has 5 rings (SSSR count). The number of aliphatic hydroxyl groups excluding tert-OH is 1. The Hall–Kier alpha value is -5.69. The Morgan fingerprint density at radius 1 is 0.930 bits per heavy atom. The highest BCUT2D eigenvalue weighted by molar-refractivity contribution is 5.88. The van der Waals surface area contributed by atoms with E-state index >= 15 is 0 Å². The normalized spacial score (nSPS) is 10.8. The molecule has 13 heteroatoms. The molecule has 12 nitrogen and oxygen atoms in total. The van der Waals surface area contributed by atoms with Crippen molar-refractivity contribution in [2.75, 3.05) is 26.1 Å². The predicted octanol–water partition coefficient (Wildman–Crippen LogP) is 4.10. The highest BCUT2D eigenvalue weighted by atomic mass is 19.1. The number of benzene rings is 3. The van der Waals surface area contributed by atoms with E-state index in [1.165, 1.54) is 26.4 Å². The zero-order valence-electron chi connectivity index (χ0n) is 22.9. The highest BCUT2D eigenvalue weighted by Gasteiger charge is 2.18. The van der Waals surface area contributed by atoms with Crippen LogP contribution in [-0.2, 0) is 6.54 Å². The van der Waals surface area contributed by atoms with Gasteiger partial charge in [0.15, 0.2) is 11.5 Å². The molecule has 0 aliphatic rings. The fraction of sp³-hybridized carbons (Fsp3) is 0.133. The van der Waals surface area contributed by atoms with Crippen LogP contribution < -0.4 is 35.5 Å². The number of pyridine rings is 1. The molecule has 0 radical (unpaired) electrons. The second kappa shape index (κ2) is 12.4. The Bertz CT molecular complexity index is 1900. The number of anilines is 1. The minimum Gasteiger partial charge on any atom is -0.493 e. The van der Waals surface area contributed by atoms with E-state index in [2.05, 4.69) is 10.3 Å². The number of fused-ring (bicyclic) bond motifs is 1. The van der Waals surface area contributed by atoms with Crippen molar-refractivity contribution in [2.45, 2.75) is 6.54 Å². The molecule has 0 aliphatic carbocycles. The molecule has 2 heterocycles. The molecule has 220 valence electrons. The molecule has 0 unspecified atom stereocenters. The average molecular weight is 589 g/mol. The first-order valence-corrected chi connectivity index (χ1v) is 12.8. The third-order valence-electron chi connectivity index (χ3n) is 6.29. The number of aromatic nitrogens is 3. The summed E-state index contributed by atoms with van der Waals surface area (Å²) in [5.41, 5.74) is -0.716. The Morgan fingerprint density at radius 3 is 2.30 bits per heavy atom. The summed E-state index contributed by atoms with van der Waals surface area (Å²) < 4.78 is 37.1. The Balaban J connectivity index is 1.34. The Labute approximate surface area is 243 Å². The molecule has 43 heavy (non-hydrogen) atoms. The van der Waals surface area contributed by atoms with Gasteiger partial charge in [0.25, 0.3) is 0 Å². The first-order chi connectivity index (χ1) is 20.8. The molecule has 3 aromatic carbocycles. The van der Waals surface area contributed by atoms with Crippen LogP contribution in [0.4, 0.5) is 14.9 Å². The maximum atomic E-state index is 13.4. The summed E-state index contributed by atoms with van der Waals surface area (Å²) >= 11 is 0. The zero-order valence-corrected chi connectivity index (χ0v) is 22.9. The van der Waals surface area contributed by atoms with Crippen molar-refractivity contribution in [2.24, 2.45) is 0 Å². The summed E-state index contributed by atoms with van der Waals surface area (Å²) in [6, 6.07) is 16.2. The fourth-order valence-corrected chi connectivity index (χ4v) is 4.25. The molecule has 0 bridgehead atoms. The van der Waals surface area contributed by atoms with Crippen LogP contribution >= 0.6 is 0 Å². The SMILES string of the molecule is COc1cc2nccc(Oc3ccc(NC(=O)Oc4cn(CCO)c(=O)n(-c5ccc(F)cc5)c4=O)cc3)c2cc1OC. The number of hydrogen-bond acceptors (Lipinski definition) is 9. The van der Waals surface area contributed by atoms with Crippen LogP contribution in [0.5, 0.6) is 28.7 Å². The Kier molecular flexibility index (Phi) is 8.34. The van der Waals surface area contributed by atoms with Gasteiger partial charge >= 0.3 is 17.3 Å². The number of rotatable bonds is 9. The van der Waals surface area contributed by atoms with Crippen molar-refractivity contribution in [1.82, 2.24) is 14.1 Å². The van der Waals surface area contributed by atoms with Gasteiger partial charge in [-0.15, -0.1) is 0 Å². The van der Waals surface area contributed by atoms with E-state index in [9.17, 15) is 23.9 Å².